The van der Waals surface area contributed by atoms with Crippen LogP contribution in [-0.2, 0) is 19.1 Å². The van der Waals surface area contributed by atoms with Crippen LogP contribution in [-0.4, -0.2) is 35.4 Å². The van der Waals surface area contributed by atoms with Crippen LogP contribution >= 0.6 is 0 Å². The summed E-state index contributed by atoms with van der Waals surface area (Å²) in [4.78, 5) is 25.8. The van der Waals surface area contributed by atoms with Gasteiger partial charge in [-0.05, 0) is 86.9 Å². The van der Waals surface area contributed by atoms with E-state index in [4.69, 9.17) is 9.47 Å². The molecule has 0 radical (unpaired) electrons. The molecule has 0 bridgehead atoms. The van der Waals surface area contributed by atoms with Gasteiger partial charge in [0.05, 0.1) is 18.9 Å². The van der Waals surface area contributed by atoms with Crippen molar-refractivity contribution < 1.29 is 24.2 Å². The Hall–Kier alpha value is -1.62. The van der Waals surface area contributed by atoms with E-state index in [1.165, 1.54) is 19.3 Å². The van der Waals surface area contributed by atoms with Crippen LogP contribution in [0.1, 0.15) is 98.8 Å². The number of esters is 2. The standard InChI is InChI=1S/C32H48O5/c1-7-29(3)16-13-22-21(18-29)10-12-24-30(4,14-8-15-31(22,24)5)19-36-26(33)17-25-32(6,35)23-11-9-20(2)27(23)28(34)37-25/h7,10,20,22-25,27,35H,1,8-9,11-19H2,2-6H3. The fourth-order valence-corrected chi connectivity index (χ4v) is 9.44. The Morgan fingerprint density at radius 3 is 2.68 bits per heavy atom. The molecule has 4 fully saturated rings. The Bertz CT molecular complexity index is 982. The second-order valence-electron chi connectivity index (χ2n) is 14.4. The zero-order valence-corrected chi connectivity index (χ0v) is 23.7. The highest BCUT2D eigenvalue weighted by atomic mass is 16.6. The molecule has 37 heavy (non-hydrogen) atoms. The van der Waals surface area contributed by atoms with E-state index < -0.39 is 11.7 Å². The average molecular weight is 513 g/mol. The molecule has 1 N–H and O–H groups in total. The summed E-state index contributed by atoms with van der Waals surface area (Å²) in [5.74, 6) is 0.223. The molecule has 5 nitrogen and oxygen atoms in total. The van der Waals surface area contributed by atoms with Gasteiger partial charge in [-0.2, -0.15) is 0 Å². The number of rotatable bonds is 5. The second-order valence-corrected chi connectivity index (χ2v) is 14.4. The number of fused-ring (bicyclic) bond motifs is 4. The maximum Gasteiger partial charge on any atom is 0.309 e. The smallest absolute Gasteiger partial charge is 0.309 e. The highest BCUT2D eigenvalue weighted by Gasteiger charge is 2.58. The van der Waals surface area contributed by atoms with E-state index in [9.17, 15) is 14.7 Å². The van der Waals surface area contributed by atoms with Crippen LogP contribution in [0.15, 0.2) is 24.3 Å². The third-order valence-corrected chi connectivity index (χ3v) is 11.9. The van der Waals surface area contributed by atoms with Gasteiger partial charge in [-0.3, -0.25) is 9.59 Å². The summed E-state index contributed by atoms with van der Waals surface area (Å²) < 4.78 is 11.6. The third-order valence-electron chi connectivity index (χ3n) is 11.9. The van der Waals surface area contributed by atoms with E-state index in [-0.39, 0.29) is 52.4 Å². The fourth-order valence-electron chi connectivity index (χ4n) is 9.44. The van der Waals surface area contributed by atoms with Crippen LogP contribution < -0.4 is 0 Å². The van der Waals surface area contributed by atoms with Crippen molar-refractivity contribution in [1.29, 1.82) is 0 Å². The minimum atomic E-state index is -1.21. The molecule has 3 saturated carbocycles. The zero-order valence-electron chi connectivity index (χ0n) is 23.7. The summed E-state index contributed by atoms with van der Waals surface area (Å²) in [5, 5.41) is 11.3. The summed E-state index contributed by atoms with van der Waals surface area (Å²) >= 11 is 0. The van der Waals surface area contributed by atoms with Gasteiger partial charge in [-0.15, -0.1) is 6.58 Å². The van der Waals surface area contributed by atoms with E-state index in [1.807, 2.05) is 6.92 Å². The van der Waals surface area contributed by atoms with Gasteiger partial charge >= 0.3 is 11.9 Å². The molecule has 4 aliphatic carbocycles. The SMILES string of the molecule is C=CC1(C)CCC2C(=CCC3C(C)(COC(=O)CC4OC(=O)C5C(C)CCC5C4(C)O)CCCC23C)C1. The largest absolute Gasteiger partial charge is 0.465 e. The second kappa shape index (κ2) is 9.24. The first-order chi connectivity index (χ1) is 17.3. The molecule has 0 aromatic rings. The van der Waals surface area contributed by atoms with Crippen molar-refractivity contribution in [3.05, 3.63) is 24.3 Å². The van der Waals surface area contributed by atoms with Crippen LogP contribution in [0.2, 0.25) is 0 Å². The molecule has 10 unspecified atom stereocenters. The summed E-state index contributed by atoms with van der Waals surface area (Å²) in [6, 6.07) is 0. The van der Waals surface area contributed by atoms with Gasteiger partial charge < -0.3 is 14.6 Å². The molecule has 0 aromatic heterocycles. The highest BCUT2D eigenvalue weighted by molar-refractivity contribution is 5.77. The van der Waals surface area contributed by atoms with Crippen molar-refractivity contribution in [3.63, 3.8) is 0 Å². The highest BCUT2D eigenvalue weighted by Crippen LogP contribution is 2.63. The van der Waals surface area contributed by atoms with Crippen molar-refractivity contribution in [3.8, 4) is 0 Å². The monoisotopic (exact) mass is 512 g/mol. The topological polar surface area (TPSA) is 72.8 Å². The molecule has 5 heteroatoms. The first-order valence-corrected chi connectivity index (χ1v) is 14.7. The molecule has 5 aliphatic rings. The molecule has 10 atom stereocenters. The van der Waals surface area contributed by atoms with Crippen molar-refractivity contribution in [1.82, 2.24) is 0 Å². The maximum absolute atomic E-state index is 13.1. The Morgan fingerprint density at radius 2 is 1.95 bits per heavy atom. The van der Waals surface area contributed by atoms with Gasteiger partial charge in [0, 0.05) is 11.3 Å². The molecule has 1 heterocycles. The van der Waals surface area contributed by atoms with E-state index in [0.29, 0.717) is 18.4 Å². The number of aliphatic hydroxyl groups is 1. The fraction of sp³-hybridized carbons (Fsp3) is 0.812. The van der Waals surface area contributed by atoms with Crippen LogP contribution in [0, 0.1) is 45.8 Å². The summed E-state index contributed by atoms with van der Waals surface area (Å²) in [6.07, 6.45) is 13.4. The lowest BCUT2D eigenvalue weighted by molar-refractivity contribution is -0.207. The number of hydrogen-bond donors (Lipinski definition) is 1. The van der Waals surface area contributed by atoms with Crippen LogP contribution in [0.3, 0.4) is 0 Å². The van der Waals surface area contributed by atoms with E-state index in [1.54, 1.807) is 12.5 Å². The van der Waals surface area contributed by atoms with Gasteiger partial charge in [-0.1, -0.05) is 51.8 Å². The number of allylic oxidation sites excluding steroid dienone is 3. The Labute approximate surface area is 223 Å². The van der Waals surface area contributed by atoms with E-state index in [0.717, 1.165) is 38.5 Å². The normalized spacial score (nSPS) is 49.1. The zero-order chi connectivity index (χ0) is 26.8. The van der Waals surface area contributed by atoms with Crippen molar-refractivity contribution in [2.45, 2.75) is 111 Å². The van der Waals surface area contributed by atoms with Gasteiger partial charge in [-0.25, -0.2) is 0 Å². The van der Waals surface area contributed by atoms with E-state index >= 15 is 0 Å². The lowest BCUT2D eigenvalue weighted by atomic mass is 9.45. The number of carbonyl (C=O) groups excluding carboxylic acids is 2. The van der Waals surface area contributed by atoms with Crippen molar-refractivity contribution in [2.75, 3.05) is 6.61 Å². The lowest BCUT2D eigenvalue weighted by Gasteiger charge is -2.59. The van der Waals surface area contributed by atoms with Crippen LogP contribution in [0.25, 0.3) is 0 Å². The van der Waals surface area contributed by atoms with E-state index in [2.05, 4.69) is 39.5 Å². The molecule has 206 valence electrons. The summed E-state index contributed by atoms with van der Waals surface area (Å²) in [7, 11) is 0. The predicted molar refractivity (Wildman–Crippen MR) is 143 cm³/mol. The molecular formula is C32H48O5. The maximum atomic E-state index is 13.1. The Balaban J connectivity index is 1.25. The molecule has 0 aromatic carbocycles. The quantitative estimate of drug-likeness (QED) is 0.341. The average Bonchev–Trinajstić information content (AvgIpc) is 3.24. The minimum Gasteiger partial charge on any atom is -0.465 e. The Morgan fingerprint density at radius 1 is 1.19 bits per heavy atom. The molecule has 1 aliphatic heterocycles. The first kappa shape index (κ1) is 27.0. The van der Waals surface area contributed by atoms with Gasteiger partial charge in [0.1, 0.15) is 11.7 Å². The number of hydrogen-bond acceptors (Lipinski definition) is 5. The molecule has 0 spiro atoms. The molecular weight excluding hydrogens is 464 g/mol. The lowest BCUT2D eigenvalue weighted by Crippen LogP contribution is -2.57. The van der Waals surface area contributed by atoms with Gasteiger partial charge in [0.25, 0.3) is 0 Å². The first-order valence-electron chi connectivity index (χ1n) is 14.7. The number of cyclic esters (lactones) is 1. The number of carbonyl (C=O) groups is 2. The third kappa shape index (κ3) is 4.41. The summed E-state index contributed by atoms with van der Waals surface area (Å²) in [6.45, 7) is 15.4. The molecule has 5 rings (SSSR count). The number of ether oxygens (including phenoxy) is 2. The minimum absolute atomic E-state index is 0.0817. The molecule has 0 amide bonds. The summed E-state index contributed by atoms with van der Waals surface area (Å²) in [5.41, 5.74) is 0.764. The van der Waals surface area contributed by atoms with Crippen molar-refractivity contribution >= 4 is 11.9 Å². The van der Waals surface area contributed by atoms with Gasteiger partial charge in [0.2, 0.25) is 0 Å². The van der Waals surface area contributed by atoms with Crippen LogP contribution in [0.4, 0.5) is 0 Å². The predicted octanol–water partition coefficient (Wildman–Crippen LogP) is 6.39. The molecule has 1 saturated heterocycles. The van der Waals surface area contributed by atoms with Crippen LogP contribution in [0.5, 0.6) is 0 Å². The van der Waals surface area contributed by atoms with Crippen molar-refractivity contribution in [2.24, 2.45) is 45.8 Å². The van der Waals surface area contributed by atoms with Gasteiger partial charge in [0.15, 0.2) is 0 Å². The Kier molecular flexibility index (Phi) is 6.74.